The van der Waals surface area contributed by atoms with E-state index < -0.39 is 5.97 Å². The molecule has 6 heteroatoms. The fourth-order valence-electron chi connectivity index (χ4n) is 2.90. The Bertz CT molecular complexity index is 889. The Morgan fingerprint density at radius 3 is 2.54 bits per heavy atom. The highest BCUT2D eigenvalue weighted by atomic mass is 16.4. The highest BCUT2D eigenvalue weighted by Gasteiger charge is 2.16. The van der Waals surface area contributed by atoms with Gasteiger partial charge in [-0.25, -0.2) is 0 Å². The van der Waals surface area contributed by atoms with Gasteiger partial charge in [0.2, 0.25) is 5.91 Å². The van der Waals surface area contributed by atoms with Crippen molar-refractivity contribution in [1.29, 1.82) is 0 Å². The van der Waals surface area contributed by atoms with Gasteiger partial charge < -0.3 is 10.0 Å². The summed E-state index contributed by atoms with van der Waals surface area (Å²) >= 11 is 0. The first kappa shape index (κ1) is 17.7. The predicted molar refractivity (Wildman–Crippen MR) is 98.5 cm³/mol. The molecule has 0 aliphatic heterocycles. The van der Waals surface area contributed by atoms with Crippen molar-refractivity contribution >= 4 is 22.8 Å². The molecule has 0 unspecified atom stereocenters. The molecule has 1 amide bonds. The molecule has 0 bridgehead atoms. The minimum atomic E-state index is -0.852. The number of benzene rings is 2. The van der Waals surface area contributed by atoms with Crippen LogP contribution in [0.3, 0.4) is 0 Å². The van der Waals surface area contributed by atoms with E-state index in [4.69, 9.17) is 5.11 Å². The Labute approximate surface area is 151 Å². The maximum absolute atomic E-state index is 12.9. The normalized spacial score (nSPS) is 10.8. The summed E-state index contributed by atoms with van der Waals surface area (Å²) in [7, 11) is 0. The third-order valence-corrected chi connectivity index (χ3v) is 4.22. The van der Waals surface area contributed by atoms with Crippen LogP contribution in [0.15, 0.2) is 60.8 Å². The molecule has 1 heterocycles. The third kappa shape index (κ3) is 4.47. The number of carboxylic acid groups (broad SMARTS) is 1. The van der Waals surface area contributed by atoms with Crippen LogP contribution in [-0.2, 0) is 22.7 Å². The van der Waals surface area contributed by atoms with Crippen LogP contribution in [0.25, 0.3) is 10.9 Å². The number of aliphatic carboxylic acids is 1. The summed E-state index contributed by atoms with van der Waals surface area (Å²) in [5.74, 6) is -0.928. The second kappa shape index (κ2) is 8.29. The largest absolute Gasteiger partial charge is 0.481 e. The maximum Gasteiger partial charge on any atom is 0.303 e. The molecule has 6 nitrogen and oxygen atoms in total. The van der Waals surface area contributed by atoms with Gasteiger partial charge in [-0.15, -0.1) is 0 Å². The Morgan fingerprint density at radius 2 is 1.77 bits per heavy atom. The van der Waals surface area contributed by atoms with E-state index in [1.807, 2.05) is 54.6 Å². The molecule has 0 aliphatic rings. The Morgan fingerprint density at radius 1 is 1.04 bits per heavy atom. The number of rotatable bonds is 8. The van der Waals surface area contributed by atoms with Crippen molar-refractivity contribution in [2.75, 3.05) is 6.54 Å². The number of nitrogens with zero attached hydrogens (tertiary/aromatic N) is 3. The summed E-state index contributed by atoms with van der Waals surface area (Å²) in [4.78, 5) is 25.3. The number of amides is 1. The number of para-hydroxylation sites is 1. The van der Waals surface area contributed by atoms with Crippen molar-refractivity contribution in [3.8, 4) is 0 Å². The van der Waals surface area contributed by atoms with E-state index in [9.17, 15) is 9.59 Å². The molecular weight excluding hydrogens is 330 g/mol. The maximum atomic E-state index is 12.9. The van der Waals surface area contributed by atoms with E-state index in [-0.39, 0.29) is 18.9 Å². The Balaban J connectivity index is 1.73. The highest BCUT2D eigenvalue weighted by Crippen LogP contribution is 2.14. The smallest absolute Gasteiger partial charge is 0.303 e. The van der Waals surface area contributed by atoms with Gasteiger partial charge in [-0.1, -0.05) is 48.5 Å². The topological polar surface area (TPSA) is 75.4 Å². The van der Waals surface area contributed by atoms with Crippen LogP contribution in [0, 0.1) is 0 Å². The number of hydrogen-bond acceptors (Lipinski definition) is 3. The van der Waals surface area contributed by atoms with Gasteiger partial charge in [-0.3, -0.25) is 14.3 Å². The van der Waals surface area contributed by atoms with Crippen LogP contribution in [-0.4, -0.2) is 38.2 Å². The van der Waals surface area contributed by atoms with Crippen molar-refractivity contribution in [3.63, 3.8) is 0 Å². The second-order valence-electron chi connectivity index (χ2n) is 6.16. The van der Waals surface area contributed by atoms with Crippen molar-refractivity contribution in [2.45, 2.75) is 25.9 Å². The number of carboxylic acids is 1. The molecule has 1 N–H and O–H groups in total. The molecule has 0 saturated heterocycles. The van der Waals surface area contributed by atoms with Gasteiger partial charge >= 0.3 is 5.97 Å². The standard InChI is InChI=1S/C20H21N3O3/c24-19(15-23-18-10-5-4-9-17(18)13-21-23)22(12-6-11-20(25)26)14-16-7-2-1-3-8-16/h1-5,7-10,13H,6,11-12,14-15H2,(H,25,26). The fraction of sp³-hybridized carbons (Fsp3) is 0.250. The SMILES string of the molecule is O=C(O)CCCN(Cc1ccccc1)C(=O)Cn1ncc2ccccc21. The van der Waals surface area contributed by atoms with Crippen LogP contribution in [0.4, 0.5) is 0 Å². The minimum Gasteiger partial charge on any atom is -0.481 e. The van der Waals surface area contributed by atoms with E-state index in [0.717, 1.165) is 16.5 Å². The fourth-order valence-corrected chi connectivity index (χ4v) is 2.90. The second-order valence-corrected chi connectivity index (χ2v) is 6.16. The lowest BCUT2D eigenvalue weighted by atomic mass is 10.2. The molecule has 0 saturated carbocycles. The molecule has 1 aromatic heterocycles. The first-order valence-corrected chi connectivity index (χ1v) is 8.57. The van der Waals surface area contributed by atoms with Gasteiger partial charge in [-0.05, 0) is 18.1 Å². The van der Waals surface area contributed by atoms with Gasteiger partial charge in [0.05, 0.1) is 11.7 Å². The van der Waals surface area contributed by atoms with Crippen molar-refractivity contribution < 1.29 is 14.7 Å². The first-order chi connectivity index (χ1) is 12.6. The number of fused-ring (bicyclic) bond motifs is 1. The van der Waals surface area contributed by atoms with Crippen molar-refractivity contribution in [3.05, 3.63) is 66.4 Å². The summed E-state index contributed by atoms with van der Waals surface area (Å²) in [5.41, 5.74) is 1.92. The van der Waals surface area contributed by atoms with Gasteiger partial charge in [0.25, 0.3) is 0 Å². The minimum absolute atomic E-state index is 0.0449. The van der Waals surface area contributed by atoms with Crippen LogP contribution in [0.2, 0.25) is 0 Å². The van der Waals surface area contributed by atoms with Crippen LogP contribution >= 0.6 is 0 Å². The lowest BCUT2D eigenvalue weighted by Gasteiger charge is -2.23. The quantitative estimate of drug-likeness (QED) is 0.677. The molecule has 3 aromatic rings. The summed E-state index contributed by atoms with van der Waals surface area (Å²) in [6.45, 7) is 0.991. The summed E-state index contributed by atoms with van der Waals surface area (Å²) < 4.78 is 1.69. The zero-order valence-electron chi connectivity index (χ0n) is 14.4. The summed E-state index contributed by atoms with van der Waals surface area (Å²) in [5, 5.41) is 14.2. The first-order valence-electron chi connectivity index (χ1n) is 8.57. The third-order valence-electron chi connectivity index (χ3n) is 4.22. The Kier molecular flexibility index (Phi) is 5.63. The van der Waals surface area contributed by atoms with Crippen LogP contribution < -0.4 is 0 Å². The van der Waals surface area contributed by atoms with E-state index >= 15 is 0 Å². The van der Waals surface area contributed by atoms with E-state index in [0.29, 0.717) is 19.5 Å². The molecule has 0 aliphatic carbocycles. The molecule has 26 heavy (non-hydrogen) atoms. The predicted octanol–water partition coefficient (Wildman–Crippen LogP) is 2.93. The number of aromatic nitrogens is 2. The summed E-state index contributed by atoms with van der Waals surface area (Å²) in [6.07, 6.45) is 2.21. The van der Waals surface area contributed by atoms with E-state index in [1.54, 1.807) is 15.8 Å². The van der Waals surface area contributed by atoms with Crippen LogP contribution in [0.1, 0.15) is 18.4 Å². The van der Waals surface area contributed by atoms with Crippen molar-refractivity contribution in [1.82, 2.24) is 14.7 Å². The van der Waals surface area contributed by atoms with Crippen molar-refractivity contribution in [2.24, 2.45) is 0 Å². The molecule has 0 radical (unpaired) electrons. The van der Waals surface area contributed by atoms with Gasteiger partial charge in [0.1, 0.15) is 6.54 Å². The molecule has 0 fully saturated rings. The molecule has 2 aromatic carbocycles. The zero-order valence-corrected chi connectivity index (χ0v) is 14.4. The average molecular weight is 351 g/mol. The monoisotopic (exact) mass is 351 g/mol. The molecule has 3 rings (SSSR count). The summed E-state index contributed by atoms with van der Waals surface area (Å²) in [6, 6.07) is 17.4. The molecule has 134 valence electrons. The van der Waals surface area contributed by atoms with E-state index in [2.05, 4.69) is 5.10 Å². The lowest BCUT2D eigenvalue weighted by Crippen LogP contribution is -2.34. The Hall–Kier alpha value is -3.15. The van der Waals surface area contributed by atoms with Crippen LogP contribution in [0.5, 0.6) is 0 Å². The number of hydrogen-bond donors (Lipinski definition) is 1. The molecule has 0 spiro atoms. The van der Waals surface area contributed by atoms with Gasteiger partial charge in [-0.2, -0.15) is 5.10 Å². The zero-order chi connectivity index (χ0) is 18.4. The average Bonchev–Trinajstić information content (AvgIpc) is 3.04. The molecule has 0 atom stereocenters. The molecular formula is C20H21N3O3. The van der Waals surface area contributed by atoms with Gasteiger partial charge in [0.15, 0.2) is 0 Å². The lowest BCUT2D eigenvalue weighted by molar-refractivity contribution is -0.138. The number of carbonyl (C=O) groups is 2. The number of carbonyl (C=O) groups excluding carboxylic acids is 1. The highest BCUT2D eigenvalue weighted by molar-refractivity contribution is 5.82. The van der Waals surface area contributed by atoms with E-state index in [1.165, 1.54) is 0 Å². The van der Waals surface area contributed by atoms with Gasteiger partial charge in [0, 0.05) is 24.9 Å².